The molecule has 3 rings (SSSR count). The lowest BCUT2D eigenvalue weighted by Crippen LogP contribution is -2.12. The first-order chi connectivity index (χ1) is 13.7. The molecule has 28 heavy (non-hydrogen) atoms. The Labute approximate surface area is 168 Å². The summed E-state index contributed by atoms with van der Waals surface area (Å²) in [7, 11) is 3.29. The normalized spacial score (nSPS) is 10.5. The van der Waals surface area contributed by atoms with Gasteiger partial charge in [-0.05, 0) is 48.2 Å². The topological polar surface area (TPSA) is 73.3 Å². The number of carbonyl (C=O) groups is 1. The van der Waals surface area contributed by atoms with E-state index in [4.69, 9.17) is 9.47 Å². The molecule has 0 aliphatic rings. The van der Waals surface area contributed by atoms with Crippen molar-refractivity contribution in [2.24, 2.45) is 0 Å². The lowest BCUT2D eigenvalue weighted by molar-refractivity contribution is -0.116. The number of anilines is 1. The molecule has 1 amide bonds. The van der Waals surface area contributed by atoms with Gasteiger partial charge in [0, 0.05) is 12.8 Å². The van der Waals surface area contributed by atoms with Crippen molar-refractivity contribution in [3.63, 3.8) is 0 Å². The van der Waals surface area contributed by atoms with Crippen LogP contribution in [0, 0.1) is 0 Å². The molecular weight excluding hydrogens is 374 g/mol. The highest BCUT2D eigenvalue weighted by Gasteiger charge is 2.09. The zero-order valence-corrected chi connectivity index (χ0v) is 16.8. The Morgan fingerprint density at radius 2 is 1.43 bits per heavy atom. The average Bonchev–Trinajstić information content (AvgIpc) is 3.18. The van der Waals surface area contributed by atoms with Crippen LogP contribution in [0.5, 0.6) is 11.5 Å². The Bertz CT molecular complexity index is 892. The van der Waals surface area contributed by atoms with Gasteiger partial charge in [0.15, 0.2) is 0 Å². The number of nitrogens with zero attached hydrogens (tertiary/aromatic N) is 2. The first-order valence-corrected chi connectivity index (χ1v) is 9.86. The number of nitrogens with one attached hydrogen (secondary N) is 1. The highest BCUT2D eigenvalue weighted by Crippen LogP contribution is 2.19. The van der Waals surface area contributed by atoms with Crippen LogP contribution in [0.1, 0.15) is 22.6 Å². The minimum Gasteiger partial charge on any atom is -0.497 e. The molecule has 146 valence electrons. The zero-order valence-electron chi connectivity index (χ0n) is 16.0. The quantitative estimate of drug-likeness (QED) is 0.593. The van der Waals surface area contributed by atoms with Crippen LogP contribution < -0.4 is 14.8 Å². The molecule has 3 aromatic rings. The maximum atomic E-state index is 12.1. The summed E-state index contributed by atoms with van der Waals surface area (Å²) in [6.07, 6.45) is 2.71. The summed E-state index contributed by atoms with van der Waals surface area (Å²) < 4.78 is 10.3. The van der Waals surface area contributed by atoms with E-state index in [-0.39, 0.29) is 5.91 Å². The van der Waals surface area contributed by atoms with E-state index in [1.165, 1.54) is 16.9 Å². The van der Waals surface area contributed by atoms with Crippen LogP contribution in [0.4, 0.5) is 5.13 Å². The third-order valence-corrected chi connectivity index (χ3v) is 5.20. The second kappa shape index (κ2) is 9.85. The van der Waals surface area contributed by atoms with Crippen LogP contribution in [-0.2, 0) is 24.1 Å². The van der Waals surface area contributed by atoms with E-state index >= 15 is 0 Å². The highest BCUT2D eigenvalue weighted by molar-refractivity contribution is 7.15. The standard InChI is InChI=1S/C21H23N3O3S/c1-26-17-9-3-15(4-10-17)7-13-19(25)22-21-24-23-20(28-21)14-8-16-5-11-18(27-2)12-6-16/h3-6,9-12H,7-8,13-14H2,1-2H3,(H,22,24,25). The van der Waals surface area contributed by atoms with Crippen LogP contribution in [0.3, 0.4) is 0 Å². The third kappa shape index (κ3) is 5.79. The molecule has 0 spiro atoms. The van der Waals surface area contributed by atoms with Crippen molar-refractivity contribution in [3.05, 3.63) is 64.7 Å². The SMILES string of the molecule is COc1ccc(CCC(=O)Nc2nnc(CCc3ccc(OC)cc3)s2)cc1. The summed E-state index contributed by atoms with van der Waals surface area (Å²) in [6.45, 7) is 0. The van der Waals surface area contributed by atoms with E-state index < -0.39 is 0 Å². The summed E-state index contributed by atoms with van der Waals surface area (Å²) in [5.74, 6) is 1.59. The van der Waals surface area contributed by atoms with Gasteiger partial charge in [-0.1, -0.05) is 35.6 Å². The van der Waals surface area contributed by atoms with Gasteiger partial charge in [0.2, 0.25) is 11.0 Å². The van der Waals surface area contributed by atoms with E-state index in [0.29, 0.717) is 18.0 Å². The fourth-order valence-electron chi connectivity index (χ4n) is 2.68. The molecule has 1 heterocycles. The van der Waals surface area contributed by atoms with Crippen molar-refractivity contribution in [2.75, 3.05) is 19.5 Å². The van der Waals surface area contributed by atoms with Crippen molar-refractivity contribution in [1.82, 2.24) is 10.2 Å². The van der Waals surface area contributed by atoms with Crippen molar-refractivity contribution >= 4 is 22.4 Å². The lowest BCUT2D eigenvalue weighted by atomic mass is 10.1. The number of ether oxygens (including phenoxy) is 2. The van der Waals surface area contributed by atoms with Gasteiger partial charge in [-0.3, -0.25) is 4.79 Å². The first kappa shape index (κ1) is 19.8. The number of methoxy groups -OCH3 is 2. The lowest BCUT2D eigenvalue weighted by Gasteiger charge is -2.03. The summed E-state index contributed by atoms with van der Waals surface area (Å²) in [4.78, 5) is 12.1. The second-order valence-electron chi connectivity index (χ2n) is 6.25. The minimum atomic E-state index is -0.0614. The molecular formula is C21H23N3O3S. The van der Waals surface area contributed by atoms with Gasteiger partial charge in [-0.15, -0.1) is 10.2 Å². The van der Waals surface area contributed by atoms with Gasteiger partial charge >= 0.3 is 0 Å². The molecule has 6 nitrogen and oxygen atoms in total. The molecule has 0 atom stereocenters. The largest absolute Gasteiger partial charge is 0.497 e. The van der Waals surface area contributed by atoms with Crippen LogP contribution in [0.25, 0.3) is 0 Å². The number of rotatable bonds is 9. The Kier molecular flexibility index (Phi) is 6.97. The van der Waals surface area contributed by atoms with Gasteiger partial charge in [0.05, 0.1) is 14.2 Å². The molecule has 0 unspecified atom stereocenters. The van der Waals surface area contributed by atoms with Crippen molar-refractivity contribution < 1.29 is 14.3 Å². The monoisotopic (exact) mass is 397 g/mol. The molecule has 0 aliphatic heterocycles. The Morgan fingerprint density at radius 1 is 0.857 bits per heavy atom. The van der Waals surface area contributed by atoms with E-state index in [1.54, 1.807) is 14.2 Å². The molecule has 7 heteroatoms. The van der Waals surface area contributed by atoms with Crippen LogP contribution in [0.2, 0.25) is 0 Å². The maximum Gasteiger partial charge on any atom is 0.226 e. The van der Waals surface area contributed by atoms with Gasteiger partial charge in [0.1, 0.15) is 16.5 Å². The van der Waals surface area contributed by atoms with Crippen LogP contribution in [0.15, 0.2) is 48.5 Å². The minimum absolute atomic E-state index is 0.0614. The molecule has 0 aliphatic carbocycles. The number of hydrogen-bond donors (Lipinski definition) is 1. The van der Waals surface area contributed by atoms with Gasteiger partial charge < -0.3 is 14.8 Å². The summed E-state index contributed by atoms with van der Waals surface area (Å²) >= 11 is 1.42. The van der Waals surface area contributed by atoms with Gasteiger partial charge in [-0.25, -0.2) is 0 Å². The Balaban J connectivity index is 1.44. The van der Waals surface area contributed by atoms with Crippen molar-refractivity contribution in [1.29, 1.82) is 0 Å². The number of aromatic nitrogens is 2. The number of hydrogen-bond acceptors (Lipinski definition) is 6. The highest BCUT2D eigenvalue weighted by atomic mass is 32.1. The average molecular weight is 398 g/mol. The molecule has 0 saturated heterocycles. The number of amides is 1. The van der Waals surface area contributed by atoms with E-state index in [2.05, 4.69) is 15.5 Å². The van der Waals surface area contributed by atoms with Crippen molar-refractivity contribution in [3.8, 4) is 11.5 Å². The van der Waals surface area contributed by atoms with Crippen LogP contribution >= 0.6 is 11.3 Å². The van der Waals surface area contributed by atoms with Gasteiger partial charge in [-0.2, -0.15) is 0 Å². The maximum absolute atomic E-state index is 12.1. The Morgan fingerprint density at radius 3 is 2.00 bits per heavy atom. The molecule has 1 N–H and O–H groups in total. The number of benzene rings is 2. The van der Waals surface area contributed by atoms with E-state index in [0.717, 1.165) is 34.9 Å². The van der Waals surface area contributed by atoms with E-state index in [9.17, 15) is 4.79 Å². The Hall–Kier alpha value is -2.93. The summed E-state index contributed by atoms with van der Waals surface area (Å²) in [5, 5.41) is 12.5. The first-order valence-electron chi connectivity index (χ1n) is 9.04. The second-order valence-corrected chi connectivity index (χ2v) is 7.31. The fraction of sp³-hybridized carbons (Fsp3) is 0.286. The molecule has 0 radical (unpaired) electrons. The molecule has 0 saturated carbocycles. The van der Waals surface area contributed by atoms with Crippen LogP contribution in [-0.4, -0.2) is 30.3 Å². The van der Waals surface area contributed by atoms with Gasteiger partial charge in [0.25, 0.3) is 0 Å². The van der Waals surface area contributed by atoms with E-state index in [1.807, 2.05) is 48.5 Å². The molecule has 0 bridgehead atoms. The number of aryl methyl sites for hydroxylation is 3. The molecule has 0 fully saturated rings. The zero-order chi connectivity index (χ0) is 19.8. The third-order valence-electron chi connectivity index (χ3n) is 4.30. The smallest absolute Gasteiger partial charge is 0.226 e. The predicted molar refractivity (Wildman–Crippen MR) is 110 cm³/mol. The summed E-state index contributed by atoms with van der Waals surface area (Å²) in [5.41, 5.74) is 2.30. The molecule has 1 aromatic heterocycles. The molecule has 2 aromatic carbocycles. The summed E-state index contributed by atoms with van der Waals surface area (Å²) in [6, 6.07) is 15.7. The number of carbonyl (C=O) groups excluding carboxylic acids is 1. The fourth-order valence-corrected chi connectivity index (χ4v) is 3.44. The predicted octanol–water partition coefficient (Wildman–Crippen LogP) is 3.91. The van der Waals surface area contributed by atoms with Crippen molar-refractivity contribution in [2.45, 2.75) is 25.7 Å².